The first-order valence-corrected chi connectivity index (χ1v) is 6.95. The first kappa shape index (κ1) is 11.7. The molecule has 90 valence electrons. The maximum absolute atomic E-state index is 11.7. The van der Waals surface area contributed by atoms with Crippen molar-refractivity contribution in [2.45, 2.75) is 29.3 Å². The lowest BCUT2D eigenvalue weighted by Gasteiger charge is -2.33. The number of methoxy groups -OCH3 is 1. The molecule has 1 heterocycles. The van der Waals surface area contributed by atoms with E-state index in [2.05, 4.69) is 14.9 Å². The molecule has 0 aromatic carbocycles. The highest BCUT2D eigenvalue weighted by Crippen LogP contribution is 2.25. The number of nitrogens with zero attached hydrogens (tertiary/aromatic N) is 2. The second kappa shape index (κ2) is 4.24. The van der Waals surface area contributed by atoms with Crippen LogP contribution in [0, 0.1) is 0 Å². The van der Waals surface area contributed by atoms with Crippen molar-refractivity contribution in [1.82, 2.24) is 14.9 Å². The molecule has 16 heavy (non-hydrogen) atoms. The fourth-order valence-electron chi connectivity index (χ4n) is 1.45. The number of hydrogen-bond acceptors (Lipinski definition) is 7. The number of nitrogen functional groups attached to an aromatic ring is 1. The van der Waals surface area contributed by atoms with E-state index in [1.54, 1.807) is 7.11 Å². The number of sulfonamides is 1. The predicted molar refractivity (Wildman–Crippen MR) is 58.5 cm³/mol. The van der Waals surface area contributed by atoms with E-state index < -0.39 is 10.0 Å². The van der Waals surface area contributed by atoms with Gasteiger partial charge in [0.2, 0.25) is 9.47 Å². The minimum absolute atomic E-state index is 0.0833. The lowest BCUT2D eigenvalue weighted by Crippen LogP contribution is -2.47. The van der Waals surface area contributed by atoms with Gasteiger partial charge in [0.25, 0.3) is 10.0 Å². The van der Waals surface area contributed by atoms with Crippen LogP contribution >= 0.6 is 11.3 Å². The van der Waals surface area contributed by atoms with Gasteiger partial charge >= 0.3 is 0 Å². The molecular weight excluding hydrogens is 252 g/mol. The summed E-state index contributed by atoms with van der Waals surface area (Å²) in [5.41, 5.74) is 5.33. The molecule has 0 radical (unpaired) electrons. The summed E-state index contributed by atoms with van der Waals surface area (Å²) in [6.07, 6.45) is 1.51. The Morgan fingerprint density at radius 1 is 1.50 bits per heavy atom. The van der Waals surface area contributed by atoms with Gasteiger partial charge in [-0.3, -0.25) is 0 Å². The summed E-state index contributed by atoms with van der Waals surface area (Å²) in [6, 6.07) is -0.0833. The molecule has 1 aromatic rings. The smallest absolute Gasteiger partial charge is 0.270 e. The van der Waals surface area contributed by atoms with E-state index in [9.17, 15) is 8.42 Å². The van der Waals surface area contributed by atoms with Gasteiger partial charge in [0.1, 0.15) is 0 Å². The first-order chi connectivity index (χ1) is 7.51. The van der Waals surface area contributed by atoms with Crippen molar-refractivity contribution in [3.05, 3.63) is 0 Å². The van der Waals surface area contributed by atoms with E-state index in [0.717, 1.165) is 11.3 Å². The Hall–Kier alpha value is -0.770. The molecule has 2 rings (SSSR count). The van der Waals surface area contributed by atoms with Crippen LogP contribution in [0.1, 0.15) is 12.8 Å². The molecule has 1 aliphatic rings. The van der Waals surface area contributed by atoms with Crippen molar-refractivity contribution in [2.24, 2.45) is 0 Å². The number of nitrogens with one attached hydrogen (secondary N) is 1. The molecule has 0 spiro atoms. The van der Waals surface area contributed by atoms with Crippen molar-refractivity contribution in [2.75, 3.05) is 12.8 Å². The van der Waals surface area contributed by atoms with Gasteiger partial charge < -0.3 is 10.5 Å². The van der Waals surface area contributed by atoms with E-state index in [-0.39, 0.29) is 21.6 Å². The molecule has 0 atom stereocenters. The highest BCUT2D eigenvalue weighted by Gasteiger charge is 2.33. The molecule has 0 saturated heterocycles. The van der Waals surface area contributed by atoms with Crippen molar-refractivity contribution in [1.29, 1.82) is 0 Å². The van der Waals surface area contributed by atoms with Gasteiger partial charge in [-0.2, -0.15) is 0 Å². The lowest BCUT2D eigenvalue weighted by molar-refractivity contribution is 0.0236. The van der Waals surface area contributed by atoms with Crippen LogP contribution in [0.25, 0.3) is 0 Å². The number of anilines is 1. The topological polar surface area (TPSA) is 107 Å². The summed E-state index contributed by atoms with van der Waals surface area (Å²) in [6.45, 7) is 0. The Bertz CT molecular complexity index is 466. The van der Waals surface area contributed by atoms with Crippen LogP contribution in [0.2, 0.25) is 0 Å². The zero-order chi connectivity index (χ0) is 11.8. The van der Waals surface area contributed by atoms with Crippen LogP contribution < -0.4 is 10.5 Å². The molecule has 1 fully saturated rings. The molecule has 0 unspecified atom stereocenters. The monoisotopic (exact) mass is 264 g/mol. The second-order valence-corrected chi connectivity index (χ2v) is 6.45. The molecule has 0 aliphatic heterocycles. The highest BCUT2D eigenvalue weighted by atomic mass is 32.2. The van der Waals surface area contributed by atoms with Gasteiger partial charge in [0.05, 0.1) is 6.10 Å². The average molecular weight is 264 g/mol. The predicted octanol–water partition coefficient (Wildman–Crippen LogP) is -0.424. The summed E-state index contributed by atoms with van der Waals surface area (Å²) in [5, 5.41) is 7.11. The third-order valence-electron chi connectivity index (χ3n) is 2.40. The SMILES string of the molecule is COC1CC(NS(=O)(=O)c2nnc(N)s2)C1. The Labute approximate surface area is 97.1 Å². The van der Waals surface area contributed by atoms with Gasteiger partial charge in [0.15, 0.2) is 0 Å². The first-order valence-electron chi connectivity index (χ1n) is 4.65. The van der Waals surface area contributed by atoms with E-state index in [4.69, 9.17) is 10.5 Å². The van der Waals surface area contributed by atoms with Crippen molar-refractivity contribution < 1.29 is 13.2 Å². The highest BCUT2D eigenvalue weighted by molar-refractivity contribution is 7.91. The minimum Gasteiger partial charge on any atom is -0.381 e. The van der Waals surface area contributed by atoms with Gasteiger partial charge in [-0.1, -0.05) is 11.3 Å². The summed E-state index contributed by atoms with van der Waals surface area (Å²) in [4.78, 5) is 0. The summed E-state index contributed by atoms with van der Waals surface area (Å²) < 4.78 is 31.0. The zero-order valence-electron chi connectivity index (χ0n) is 8.58. The summed E-state index contributed by atoms with van der Waals surface area (Å²) in [5.74, 6) is 0. The van der Waals surface area contributed by atoms with E-state index in [1.165, 1.54) is 0 Å². The maximum atomic E-state index is 11.7. The molecule has 0 amide bonds. The normalized spacial score (nSPS) is 25.3. The van der Waals surface area contributed by atoms with Gasteiger partial charge in [0, 0.05) is 13.2 Å². The Kier molecular flexibility index (Phi) is 3.10. The molecular formula is C7H12N4O3S2. The van der Waals surface area contributed by atoms with Gasteiger partial charge in [-0.05, 0) is 12.8 Å². The zero-order valence-corrected chi connectivity index (χ0v) is 10.2. The molecule has 9 heteroatoms. The number of rotatable bonds is 4. The largest absolute Gasteiger partial charge is 0.381 e. The van der Waals surface area contributed by atoms with E-state index in [1.807, 2.05) is 0 Å². The molecule has 1 aliphatic carbocycles. The molecule has 0 bridgehead atoms. The minimum atomic E-state index is -3.57. The number of ether oxygens (including phenoxy) is 1. The Morgan fingerprint density at radius 3 is 2.69 bits per heavy atom. The number of aromatic nitrogens is 2. The number of hydrogen-bond donors (Lipinski definition) is 2. The molecule has 1 saturated carbocycles. The Balaban J connectivity index is 1.99. The van der Waals surface area contributed by atoms with Crippen LogP contribution in [0.3, 0.4) is 0 Å². The maximum Gasteiger partial charge on any atom is 0.270 e. The molecule has 1 aromatic heterocycles. The van der Waals surface area contributed by atoms with E-state index in [0.29, 0.717) is 12.8 Å². The number of nitrogens with two attached hydrogens (primary N) is 1. The quantitative estimate of drug-likeness (QED) is 0.764. The van der Waals surface area contributed by atoms with Crippen molar-refractivity contribution in [3.63, 3.8) is 0 Å². The van der Waals surface area contributed by atoms with Crippen molar-refractivity contribution in [3.8, 4) is 0 Å². The molecule has 3 N–H and O–H groups in total. The van der Waals surface area contributed by atoms with Crippen LogP contribution in [0.4, 0.5) is 5.13 Å². The lowest BCUT2D eigenvalue weighted by atomic mass is 9.90. The van der Waals surface area contributed by atoms with E-state index >= 15 is 0 Å². The summed E-state index contributed by atoms with van der Waals surface area (Å²) >= 11 is 0.852. The molecule has 7 nitrogen and oxygen atoms in total. The fraction of sp³-hybridized carbons (Fsp3) is 0.714. The van der Waals surface area contributed by atoms with Gasteiger partial charge in [-0.25, -0.2) is 13.1 Å². The standard InChI is InChI=1S/C7H12N4O3S2/c1-14-5-2-4(3-5)11-16(12,13)7-10-9-6(8)15-7/h4-5,11H,2-3H2,1H3,(H2,8,9). The third-order valence-corrected chi connectivity index (χ3v) is 5.04. The second-order valence-electron chi connectivity index (χ2n) is 3.55. The van der Waals surface area contributed by atoms with Crippen molar-refractivity contribution >= 4 is 26.5 Å². The van der Waals surface area contributed by atoms with Crippen LogP contribution in [0.15, 0.2) is 4.34 Å². The van der Waals surface area contributed by atoms with Crippen LogP contribution in [-0.2, 0) is 14.8 Å². The third kappa shape index (κ3) is 2.32. The fourth-order valence-corrected chi connectivity index (χ4v) is 3.52. The van der Waals surface area contributed by atoms with Crippen LogP contribution in [0.5, 0.6) is 0 Å². The van der Waals surface area contributed by atoms with Crippen LogP contribution in [-0.4, -0.2) is 37.9 Å². The summed E-state index contributed by atoms with van der Waals surface area (Å²) in [7, 11) is -1.96. The average Bonchev–Trinajstić information content (AvgIpc) is 2.58. The Morgan fingerprint density at radius 2 is 2.19 bits per heavy atom. The van der Waals surface area contributed by atoms with Gasteiger partial charge in [-0.15, -0.1) is 10.2 Å².